The van der Waals surface area contributed by atoms with Crippen molar-refractivity contribution < 1.29 is 14.0 Å². The number of imide groups is 1. The van der Waals surface area contributed by atoms with E-state index in [1.165, 1.54) is 17.0 Å². The molecule has 0 unspecified atom stereocenters. The van der Waals surface area contributed by atoms with E-state index in [0.717, 1.165) is 31.5 Å². The second kappa shape index (κ2) is 8.60. The van der Waals surface area contributed by atoms with Crippen LogP contribution in [-0.4, -0.2) is 41.2 Å². The maximum Gasteiger partial charge on any atom is 0.277 e. The molecule has 2 aliphatic heterocycles. The molecule has 2 aliphatic rings. The molecule has 0 N–H and O–H groups in total. The molecule has 0 spiro atoms. The van der Waals surface area contributed by atoms with Crippen LogP contribution in [0, 0.1) is 11.7 Å². The number of rotatable bonds is 5. The molecule has 0 aromatic heterocycles. The van der Waals surface area contributed by atoms with Gasteiger partial charge in [-0.1, -0.05) is 42.8 Å². The number of hydrogen-bond acceptors (Lipinski definition) is 3. The van der Waals surface area contributed by atoms with Crippen molar-refractivity contribution in [2.75, 3.05) is 19.6 Å². The van der Waals surface area contributed by atoms with Gasteiger partial charge in [0.15, 0.2) is 0 Å². The average Bonchev–Trinajstić information content (AvgIpc) is 2.99. The van der Waals surface area contributed by atoms with Crippen molar-refractivity contribution in [1.29, 1.82) is 0 Å². The molecule has 0 saturated carbocycles. The van der Waals surface area contributed by atoms with Crippen LogP contribution >= 0.6 is 11.6 Å². The van der Waals surface area contributed by atoms with Gasteiger partial charge in [-0.15, -0.1) is 0 Å². The van der Waals surface area contributed by atoms with Gasteiger partial charge in [-0.05, 0) is 60.6 Å². The predicted molar refractivity (Wildman–Crippen MR) is 115 cm³/mol. The summed E-state index contributed by atoms with van der Waals surface area (Å²) in [6, 6.07) is 13.2. The van der Waals surface area contributed by atoms with Crippen LogP contribution in [0.25, 0.3) is 5.57 Å². The lowest BCUT2D eigenvalue weighted by atomic mass is 9.97. The molecule has 30 heavy (non-hydrogen) atoms. The molecule has 0 radical (unpaired) electrons. The first kappa shape index (κ1) is 20.6. The van der Waals surface area contributed by atoms with Gasteiger partial charge in [-0.25, -0.2) is 4.39 Å². The summed E-state index contributed by atoms with van der Waals surface area (Å²) in [4.78, 5) is 30.0. The topological polar surface area (TPSA) is 40.6 Å². The van der Waals surface area contributed by atoms with Gasteiger partial charge in [-0.3, -0.25) is 14.5 Å². The number of nitrogens with zero attached hydrogens (tertiary/aromatic N) is 2. The van der Waals surface area contributed by atoms with Gasteiger partial charge in [0.2, 0.25) is 0 Å². The van der Waals surface area contributed by atoms with E-state index in [1.54, 1.807) is 36.4 Å². The van der Waals surface area contributed by atoms with E-state index in [4.69, 9.17) is 11.6 Å². The van der Waals surface area contributed by atoms with Crippen LogP contribution in [0.3, 0.4) is 0 Å². The molecule has 0 bridgehead atoms. The van der Waals surface area contributed by atoms with Gasteiger partial charge in [0.25, 0.3) is 11.8 Å². The molecular formula is C24H24ClFN2O2. The van der Waals surface area contributed by atoms with E-state index in [9.17, 15) is 14.0 Å². The van der Waals surface area contributed by atoms with E-state index in [2.05, 4.69) is 11.8 Å². The first-order valence-corrected chi connectivity index (χ1v) is 10.7. The molecule has 156 valence electrons. The van der Waals surface area contributed by atoms with Crippen LogP contribution in [0.4, 0.5) is 4.39 Å². The van der Waals surface area contributed by atoms with Crippen molar-refractivity contribution >= 4 is 29.0 Å². The molecule has 2 amide bonds. The quantitative estimate of drug-likeness (QED) is 0.659. The van der Waals surface area contributed by atoms with Gasteiger partial charge in [-0.2, -0.15) is 0 Å². The van der Waals surface area contributed by atoms with E-state index < -0.39 is 0 Å². The van der Waals surface area contributed by atoms with Crippen molar-refractivity contribution in [3.05, 3.63) is 76.2 Å². The third-order valence-electron chi connectivity index (χ3n) is 5.91. The van der Waals surface area contributed by atoms with Crippen molar-refractivity contribution in [2.24, 2.45) is 5.92 Å². The highest BCUT2D eigenvalue weighted by Crippen LogP contribution is 2.34. The SMILES string of the molecule is CC1CCN(C2=C(c3ccc(Cl)cc3)C(=O)N(CCc3ccc(F)cc3)C2=O)CC1. The Morgan fingerprint density at radius 3 is 2.23 bits per heavy atom. The lowest BCUT2D eigenvalue weighted by molar-refractivity contribution is -0.137. The van der Waals surface area contributed by atoms with Crippen LogP contribution in [-0.2, 0) is 16.0 Å². The maximum absolute atomic E-state index is 13.3. The first-order chi connectivity index (χ1) is 14.4. The van der Waals surface area contributed by atoms with Gasteiger partial charge in [0, 0.05) is 24.7 Å². The van der Waals surface area contributed by atoms with Crippen molar-refractivity contribution in [3.8, 4) is 0 Å². The second-order valence-electron chi connectivity index (χ2n) is 8.04. The lowest BCUT2D eigenvalue weighted by Crippen LogP contribution is -2.39. The second-order valence-corrected chi connectivity index (χ2v) is 8.47. The maximum atomic E-state index is 13.3. The Bertz CT molecular complexity index is 977. The minimum Gasteiger partial charge on any atom is -0.366 e. The zero-order valence-electron chi connectivity index (χ0n) is 16.9. The lowest BCUT2D eigenvalue weighted by Gasteiger charge is -2.32. The fourth-order valence-corrected chi connectivity index (χ4v) is 4.19. The molecule has 2 aromatic rings. The number of hydrogen-bond donors (Lipinski definition) is 0. The highest BCUT2D eigenvalue weighted by molar-refractivity contribution is 6.36. The van der Waals surface area contributed by atoms with Crippen molar-refractivity contribution in [2.45, 2.75) is 26.2 Å². The zero-order valence-corrected chi connectivity index (χ0v) is 17.7. The average molecular weight is 427 g/mol. The zero-order chi connectivity index (χ0) is 21.3. The van der Waals surface area contributed by atoms with Gasteiger partial charge in [0.05, 0.1) is 5.57 Å². The molecular weight excluding hydrogens is 403 g/mol. The molecule has 4 nitrogen and oxygen atoms in total. The number of halogens is 2. The minimum atomic E-state index is -0.305. The Morgan fingerprint density at radius 1 is 0.967 bits per heavy atom. The number of carbonyl (C=O) groups is 2. The Hall–Kier alpha value is -2.66. The normalized spacial score (nSPS) is 18.0. The van der Waals surface area contributed by atoms with Gasteiger partial charge < -0.3 is 4.90 Å². The number of benzene rings is 2. The van der Waals surface area contributed by atoms with Gasteiger partial charge >= 0.3 is 0 Å². The Morgan fingerprint density at radius 2 is 1.60 bits per heavy atom. The molecule has 2 heterocycles. The molecule has 4 rings (SSSR count). The highest BCUT2D eigenvalue weighted by atomic mass is 35.5. The van der Waals surface area contributed by atoms with Crippen LogP contribution in [0.1, 0.15) is 30.9 Å². The third kappa shape index (κ3) is 4.12. The van der Waals surface area contributed by atoms with E-state index >= 15 is 0 Å². The summed E-state index contributed by atoms with van der Waals surface area (Å²) in [7, 11) is 0. The first-order valence-electron chi connectivity index (χ1n) is 10.3. The monoisotopic (exact) mass is 426 g/mol. The number of likely N-dealkylation sites (tertiary alicyclic amines) is 1. The standard InChI is InChI=1S/C24H24ClFN2O2/c1-16-10-13-27(14-11-16)22-21(18-4-6-19(25)7-5-18)23(29)28(24(22)30)15-12-17-2-8-20(26)9-3-17/h2-9,16H,10-15H2,1H3. The fourth-order valence-electron chi connectivity index (χ4n) is 4.06. The molecule has 0 atom stereocenters. The Labute approximate surface area is 180 Å². The van der Waals surface area contributed by atoms with E-state index in [-0.39, 0.29) is 24.2 Å². The van der Waals surface area contributed by atoms with Crippen LogP contribution in [0.15, 0.2) is 54.2 Å². The van der Waals surface area contributed by atoms with E-state index in [1.807, 2.05) is 0 Å². The van der Waals surface area contributed by atoms with Crippen molar-refractivity contribution in [1.82, 2.24) is 9.80 Å². The van der Waals surface area contributed by atoms with Crippen LogP contribution < -0.4 is 0 Å². The van der Waals surface area contributed by atoms with E-state index in [0.29, 0.717) is 34.2 Å². The molecule has 6 heteroatoms. The molecule has 1 saturated heterocycles. The number of piperidine rings is 1. The van der Waals surface area contributed by atoms with Crippen LogP contribution in [0.5, 0.6) is 0 Å². The van der Waals surface area contributed by atoms with Gasteiger partial charge in [0.1, 0.15) is 11.5 Å². The number of carbonyl (C=O) groups excluding carboxylic acids is 2. The fraction of sp³-hybridized carbons (Fsp3) is 0.333. The summed E-state index contributed by atoms with van der Waals surface area (Å²) in [5.74, 6) is -0.220. The molecule has 2 aromatic carbocycles. The predicted octanol–water partition coefficient (Wildman–Crippen LogP) is 4.53. The van der Waals surface area contributed by atoms with Crippen molar-refractivity contribution in [3.63, 3.8) is 0 Å². The highest BCUT2D eigenvalue weighted by Gasteiger charge is 2.41. The summed E-state index contributed by atoms with van der Waals surface area (Å²) < 4.78 is 13.2. The largest absolute Gasteiger partial charge is 0.366 e. The summed E-state index contributed by atoms with van der Waals surface area (Å²) in [6.45, 7) is 3.99. The number of amides is 2. The summed E-state index contributed by atoms with van der Waals surface area (Å²) in [5, 5.41) is 0.581. The Kier molecular flexibility index (Phi) is 5.91. The molecule has 1 fully saturated rings. The Balaban J connectivity index is 1.63. The summed E-state index contributed by atoms with van der Waals surface area (Å²) >= 11 is 6.03. The van der Waals surface area contributed by atoms with Crippen LogP contribution in [0.2, 0.25) is 5.02 Å². The summed E-state index contributed by atoms with van der Waals surface area (Å²) in [5.41, 5.74) is 2.53. The smallest absolute Gasteiger partial charge is 0.277 e. The summed E-state index contributed by atoms with van der Waals surface area (Å²) in [6.07, 6.45) is 2.47. The third-order valence-corrected chi connectivity index (χ3v) is 6.17. The molecule has 0 aliphatic carbocycles. The minimum absolute atomic E-state index is 0.249.